The van der Waals surface area contributed by atoms with Gasteiger partial charge < -0.3 is 0 Å². The number of benzene rings is 7. The van der Waals surface area contributed by atoms with Crippen LogP contribution in [0.25, 0.3) is 99.8 Å². The Hall–Kier alpha value is -7.11. The second kappa shape index (κ2) is 13.9. The van der Waals surface area contributed by atoms with Crippen LogP contribution in [0.3, 0.4) is 0 Å². The van der Waals surface area contributed by atoms with Gasteiger partial charge in [0.2, 0.25) is 0 Å². The van der Waals surface area contributed by atoms with E-state index in [1.165, 1.54) is 0 Å². The zero-order valence-corrected chi connectivity index (χ0v) is 31.2. The molecular weight excluding hydrogens is 683 g/mol. The van der Waals surface area contributed by atoms with Crippen LogP contribution < -0.4 is 0 Å². The molecule has 0 aliphatic rings. The summed E-state index contributed by atoms with van der Waals surface area (Å²) < 4.78 is 0. The molecule has 266 valence electrons. The Morgan fingerprint density at radius 3 is 1.20 bits per heavy atom. The molecule has 7 aromatic carbocycles. The average Bonchev–Trinajstić information content (AvgIpc) is 3.27. The van der Waals surface area contributed by atoms with E-state index in [1.807, 2.05) is 0 Å². The largest absolute Gasteiger partial charge is 0.253 e. The van der Waals surface area contributed by atoms with Crippen LogP contribution in [0.4, 0.5) is 0 Å². The van der Waals surface area contributed by atoms with E-state index in [0.29, 0.717) is 17.5 Å². The van der Waals surface area contributed by atoms with E-state index >= 15 is 0 Å². The van der Waals surface area contributed by atoms with Crippen LogP contribution in [0, 0.1) is 0 Å². The monoisotopic (exact) mass is 719 g/mol. The Morgan fingerprint density at radius 2 is 0.714 bits per heavy atom. The van der Waals surface area contributed by atoms with Crippen LogP contribution >= 0.6 is 0 Å². The second-order valence-electron chi connectivity index (χ2n) is 14.2. The van der Waals surface area contributed by atoms with Crippen molar-refractivity contribution in [3.05, 3.63) is 175 Å². The highest BCUT2D eigenvalue weighted by Crippen LogP contribution is 2.39. The van der Waals surface area contributed by atoms with E-state index in [9.17, 15) is 0 Å². The fourth-order valence-electron chi connectivity index (χ4n) is 7.95. The van der Waals surface area contributed by atoms with Crippen LogP contribution in [0.2, 0.25) is 0 Å². The van der Waals surface area contributed by atoms with Gasteiger partial charge in [-0.05, 0) is 99.1 Å². The summed E-state index contributed by atoms with van der Waals surface area (Å²) in [7, 11) is 0. The highest BCUT2D eigenvalue weighted by Gasteiger charge is 2.19. The minimum atomic E-state index is 0.608. The van der Waals surface area contributed by atoms with Crippen molar-refractivity contribution in [1.29, 1.82) is 0 Å². The molecule has 5 heteroatoms. The molecule has 56 heavy (non-hydrogen) atoms. The van der Waals surface area contributed by atoms with Gasteiger partial charge >= 0.3 is 0 Å². The number of aryl methyl sites for hydroxylation is 2. The highest BCUT2D eigenvalue weighted by atomic mass is 15.0. The average molecular weight is 720 g/mol. The molecule has 0 saturated carbocycles. The molecule has 0 saturated heterocycles. The van der Waals surface area contributed by atoms with Crippen molar-refractivity contribution < 1.29 is 0 Å². The van der Waals surface area contributed by atoms with Gasteiger partial charge in [-0.15, -0.1) is 0 Å². The van der Waals surface area contributed by atoms with Crippen molar-refractivity contribution in [3.63, 3.8) is 0 Å². The molecule has 5 nitrogen and oxygen atoms in total. The summed E-state index contributed by atoms with van der Waals surface area (Å²) in [4.78, 5) is 25.9. The number of hydrogen-bond donors (Lipinski definition) is 0. The molecule has 3 aromatic heterocycles. The topological polar surface area (TPSA) is 64.5 Å². The predicted octanol–water partition coefficient (Wildman–Crippen LogP) is 12.7. The van der Waals surface area contributed by atoms with Crippen LogP contribution in [0.1, 0.15) is 25.2 Å². The number of rotatable bonds is 7. The number of pyridine rings is 2. The van der Waals surface area contributed by atoms with E-state index in [4.69, 9.17) is 24.9 Å². The van der Waals surface area contributed by atoms with E-state index in [0.717, 1.165) is 107 Å². The Labute approximate surface area is 325 Å². The molecule has 0 unspecified atom stereocenters. The minimum absolute atomic E-state index is 0.608. The third-order valence-corrected chi connectivity index (χ3v) is 10.8. The third kappa shape index (κ3) is 5.94. The standard InChI is InChI=1S/C51H37N5/c1-3-37-30-45(41-21-9-11-25-47(41)52-37)34-27-35(46-31-38(4-2)53-48-26-12-10-22-42(46)48)29-36(28-34)49-54-50(43-23-13-17-32-15-5-7-19-39(32)43)56-51(55-49)44-24-14-18-33-16-6-8-20-40(33)44/h5-31H,3-4H2,1-2H3. The second-order valence-corrected chi connectivity index (χ2v) is 14.2. The van der Waals surface area contributed by atoms with Gasteiger partial charge in [-0.2, -0.15) is 0 Å². The molecule has 0 N–H and O–H groups in total. The zero-order valence-electron chi connectivity index (χ0n) is 31.2. The lowest BCUT2D eigenvalue weighted by Crippen LogP contribution is -2.01. The summed E-state index contributed by atoms with van der Waals surface area (Å²) in [5.41, 5.74) is 11.3. The van der Waals surface area contributed by atoms with Gasteiger partial charge in [0.1, 0.15) is 0 Å². The summed E-state index contributed by atoms with van der Waals surface area (Å²) >= 11 is 0. The van der Waals surface area contributed by atoms with Gasteiger partial charge in [-0.25, -0.2) is 15.0 Å². The molecule has 10 rings (SSSR count). The van der Waals surface area contributed by atoms with Crippen LogP contribution in [0.15, 0.2) is 164 Å². The number of nitrogens with zero attached hydrogens (tertiary/aromatic N) is 5. The van der Waals surface area contributed by atoms with Crippen LogP contribution in [-0.2, 0) is 12.8 Å². The van der Waals surface area contributed by atoms with Gasteiger partial charge in [0.25, 0.3) is 0 Å². The summed E-state index contributed by atoms with van der Waals surface area (Å²) in [5, 5.41) is 6.66. The van der Waals surface area contributed by atoms with Gasteiger partial charge in [-0.3, -0.25) is 9.97 Å². The van der Waals surface area contributed by atoms with E-state index in [2.05, 4.69) is 178 Å². The van der Waals surface area contributed by atoms with Crippen molar-refractivity contribution in [2.24, 2.45) is 0 Å². The van der Waals surface area contributed by atoms with Crippen molar-refractivity contribution in [2.45, 2.75) is 26.7 Å². The van der Waals surface area contributed by atoms with E-state index in [1.54, 1.807) is 0 Å². The Bertz CT molecular complexity index is 2920. The molecule has 0 atom stereocenters. The lowest BCUT2D eigenvalue weighted by Gasteiger charge is -2.16. The maximum Gasteiger partial charge on any atom is 0.164 e. The molecule has 10 aromatic rings. The zero-order chi connectivity index (χ0) is 37.6. The van der Waals surface area contributed by atoms with Crippen molar-refractivity contribution in [2.75, 3.05) is 0 Å². The Balaban J connectivity index is 1.30. The lowest BCUT2D eigenvalue weighted by atomic mass is 9.92. The molecule has 3 heterocycles. The SMILES string of the molecule is CCc1cc(-c2cc(-c3nc(-c4cccc5ccccc45)nc(-c4cccc5ccccc45)n3)cc(-c3cc(CC)nc4ccccc34)c2)c2ccccc2n1. The van der Waals surface area contributed by atoms with E-state index < -0.39 is 0 Å². The molecular formula is C51H37N5. The predicted molar refractivity (Wildman–Crippen MR) is 231 cm³/mol. The molecule has 0 amide bonds. The van der Waals surface area contributed by atoms with Crippen LogP contribution in [0.5, 0.6) is 0 Å². The maximum atomic E-state index is 5.34. The maximum absolute atomic E-state index is 5.34. The highest BCUT2D eigenvalue weighted by molar-refractivity contribution is 6.01. The fourth-order valence-corrected chi connectivity index (χ4v) is 7.95. The molecule has 0 fully saturated rings. The smallest absolute Gasteiger partial charge is 0.164 e. The van der Waals surface area contributed by atoms with Gasteiger partial charge in [-0.1, -0.05) is 135 Å². The molecule has 0 aliphatic heterocycles. The first-order valence-corrected chi connectivity index (χ1v) is 19.3. The minimum Gasteiger partial charge on any atom is -0.253 e. The van der Waals surface area contributed by atoms with Crippen molar-refractivity contribution >= 4 is 43.4 Å². The fraction of sp³-hybridized carbons (Fsp3) is 0.0784. The Morgan fingerprint density at radius 1 is 0.321 bits per heavy atom. The quantitative estimate of drug-likeness (QED) is 0.164. The van der Waals surface area contributed by atoms with Gasteiger partial charge in [0.15, 0.2) is 17.5 Å². The van der Waals surface area contributed by atoms with E-state index in [-0.39, 0.29) is 0 Å². The number of aromatic nitrogens is 5. The number of fused-ring (bicyclic) bond motifs is 4. The van der Waals surface area contributed by atoms with Gasteiger partial charge in [0, 0.05) is 38.9 Å². The van der Waals surface area contributed by atoms with Gasteiger partial charge in [0.05, 0.1) is 11.0 Å². The molecule has 0 spiro atoms. The molecule has 0 aliphatic carbocycles. The summed E-state index contributed by atoms with van der Waals surface area (Å²) in [5.74, 6) is 1.87. The first-order valence-electron chi connectivity index (χ1n) is 19.3. The normalized spacial score (nSPS) is 11.5. The first kappa shape index (κ1) is 33.5. The van der Waals surface area contributed by atoms with Crippen molar-refractivity contribution in [3.8, 4) is 56.4 Å². The molecule has 0 radical (unpaired) electrons. The van der Waals surface area contributed by atoms with Crippen LogP contribution in [-0.4, -0.2) is 24.9 Å². The third-order valence-electron chi connectivity index (χ3n) is 10.8. The molecule has 0 bridgehead atoms. The summed E-state index contributed by atoms with van der Waals surface area (Å²) in [6.45, 7) is 4.32. The Kier molecular flexibility index (Phi) is 8.33. The summed E-state index contributed by atoms with van der Waals surface area (Å²) in [6, 6.07) is 57.6. The lowest BCUT2D eigenvalue weighted by molar-refractivity contribution is 1.06. The summed E-state index contributed by atoms with van der Waals surface area (Å²) in [6.07, 6.45) is 1.66. The first-order chi connectivity index (χ1) is 27.6. The number of hydrogen-bond acceptors (Lipinski definition) is 5. The number of para-hydroxylation sites is 2. The van der Waals surface area contributed by atoms with Crippen molar-refractivity contribution in [1.82, 2.24) is 24.9 Å².